The molecular formula is C26H21ClN3O4S2-. The number of hydrogen-bond donors (Lipinski definition) is 2. The summed E-state index contributed by atoms with van der Waals surface area (Å²) in [6.45, 7) is 0.561. The topological polar surface area (TPSA) is 106 Å². The molecule has 7 nitrogen and oxygen atoms in total. The number of thiophene rings is 1. The van der Waals surface area contributed by atoms with Crippen LogP contribution < -0.4 is 9.62 Å². The van der Waals surface area contributed by atoms with Crippen LogP contribution in [0.5, 0.6) is 0 Å². The van der Waals surface area contributed by atoms with E-state index >= 15 is 0 Å². The zero-order valence-electron chi connectivity index (χ0n) is 18.8. The van der Waals surface area contributed by atoms with Crippen molar-refractivity contribution in [3.63, 3.8) is 0 Å². The van der Waals surface area contributed by atoms with Crippen LogP contribution in [0.3, 0.4) is 0 Å². The van der Waals surface area contributed by atoms with E-state index in [1.165, 1.54) is 11.3 Å². The number of aliphatic carboxylic acids is 1. The van der Waals surface area contributed by atoms with Crippen LogP contribution >= 0.6 is 22.9 Å². The molecule has 2 heterocycles. The first-order valence-corrected chi connectivity index (χ1v) is 13.3. The zero-order valence-corrected chi connectivity index (χ0v) is 21.2. The molecule has 0 saturated heterocycles. The Kier molecular flexibility index (Phi) is 6.81. The minimum atomic E-state index is -2.79. The number of anilines is 2. The smallest absolute Gasteiger partial charge is 0.331 e. The Bertz CT molecular complexity index is 1410. The van der Waals surface area contributed by atoms with Crippen LogP contribution in [0.2, 0.25) is 5.02 Å². The quantitative estimate of drug-likeness (QED) is 0.265. The summed E-state index contributed by atoms with van der Waals surface area (Å²) in [5.74, 6) is -1.67. The predicted molar refractivity (Wildman–Crippen MR) is 142 cm³/mol. The molecule has 3 unspecified atom stereocenters. The third-order valence-electron chi connectivity index (χ3n) is 6.24. The lowest BCUT2D eigenvalue weighted by molar-refractivity contribution is -0.139. The van der Waals surface area contributed by atoms with Gasteiger partial charge in [0.05, 0.1) is 0 Å². The number of rotatable bonds is 9. The van der Waals surface area contributed by atoms with Crippen LogP contribution in [-0.4, -0.2) is 30.4 Å². The molecule has 1 aliphatic rings. The second-order valence-corrected chi connectivity index (χ2v) is 10.8. The monoisotopic (exact) mass is 538 g/mol. The lowest BCUT2D eigenvalue weighted by Gasteiger charge is -2.32. The number of carboxylic acid groups (broad SMARTS) is 1. The highest BCUT2D eigenvalue weighted by atomic mass is 35.5. The van der Waals surface area contributed by atoms with Gasteiger partial charge in [0, 0.05) is 51.7 Å². The summed E-state index contributed by atoms with van der Waals surface area (Å²) in [7, 11) is 0. The van der Waals surface area contributed by atoms with Gasteiger partial charge >= 0.3 is 5.97 Å². The minimum absolute atomic E-state index is 0.177. The summed E-state index contributed by atoms with van der Waals surface area (Å²) in [4.78, 5) is 17.5. The van der Waals surface area contributed by atoms with Gasteiger partial charge in [0.2, 0.25) is 0 Å². The molecule has 10 heteroatoms. The maximum atomic E-state index is 12.5. The molecular weight excluding hydrogens is 518 g/mol. The Hall–Kier alpha value is -3.24. The van der Waals surface area contributed by atoms with Gasteiger partial charge in [0.15, 0.2) is 5.54 Å². The van der Waals surface area contributed by atoms with E-state index in [1.54, 1.807) is 36.7 Å². The largest absolute Gasteiger partial charge is 0.755 e. The van der Waals surface area contributed by atoms with E-state index in [1.807, 2.05) is 48.5 Å². The SMILES string of the molecule is O=C(O)C1(N(c2ccc(-c3ccc(Cl)cc3)s2)S(=O)[O-])CC1c1cccc(NCc2cccnc2)c1. The van der Waals surface area contributed by atoms with Gasteiger partial charge < -0.3 is 15.0 Å². The molecule has 184 valence electrons. The zero-order chi connectivity index (χ0) is 25.3. The van der Waals surface area contributed by atoms with E-state index in [0.29, 0.717) is 16.6 Å². The summed E-state index contributed by atoms with van der Waals surface area (Å²) < 4.78 is 25.9. The number of nitrogens with zero attached hydrogens (tertiary/aromatic N) is 2. The molecule has 1 aliphatic carbocycles. The fraction of sp³-hybridized carbons (Fsp3) is 0.154. The van der Waals surface area contributed by atoms with Gasteiger partial charge in [-0.15, -0.1) is 11.3 Å². The number of benzene rings is 2. The van der Waals surface area contributed by atoms with E-state index < -0.39 is 28.7 Å². The van der Waals surface area contributed by atoms with Crippen molar-refractivity contribution in [3.8, 4) is 10.4 Å². The molecule has 1 saturated carbocycles. The van der Waals surface area contributed by atoms with Crippen LogP contribution in [0.4, 0.5) is 10.7 Å². The van der Waals surface area contributed by atoms with Gasteiger partial charge in [-0.05, 0) is 65.6 Å². The first kappa shape index (κ1) is 24.5. The Morgan fingerprint density at radius 3 is 2.69 bits per heavy atom. The molecule has 5 rings (SSSR count). The molecule has 0 spiro atoms. The van der Waals surface area contributed by atoms with Gasteiger partial charge in [0.25, 0.3) is 0 Å². The molecule has 3 atom stereocenters. The van der Waals surface area contributed by atoms with Gasteiger partial charge in [-0.1, -0.05) is 41.9 Å². The summed E-state index contributed by atoms with van der Waals surface area (Å²) >= 11 is 4.42. The average molecular weight is 539 g/mol. The number of carboxylic acids is 1. The van der Waals surface area contributed by atoms with Crippen molar-refractivity contribution in [2.45, 2.75) is 24.4 Å². The standard InChI is InChI=1S/C26H22ClN3O4S2/c27-20-8-6-18(7-9-20)23-10-11-24(35-23)30(36(33)34)26(25(31)32)14-22(26)19-4-1-5-21(13-19)29-16-17-3-2-12-28-15-17/h1-13,15,22,29H,14,16H2,(H,31,32)(H,33,34)/p-1. The summed E-state index contributed by atoms with van der Waals surface area (Å²) in [5.41, 5.74) is 1.88. The lowest BCUT2D eigenvalue weighted by Crippen LogP contribution is -2.46. The molecule has 2 aromatic heterocycles. The molecule has 0 aliphatic heterocycles. The molecule has 1 fully saturated rings. The Morgan fingerprint density at radius 1 is 1.19 bits per heavy atom. The highest BCUT2D eigenvalue weighted by molar-refractivity contribution is 7.81. The fourth-order valence-electron chi connectivity index (χ4n) is 4.37. The summed E-state index contributed by atoms with van der Waals surface area (Å²) in [6, 6.07) is 21.9. The molecule has 0 bridgehead atoms. The predicted octanol–water partition coefficient (Wildman–Crippen LogP) is 5.69. The molecule has 2 aromatic carbocycles. The van der Waals surface area contributed by atoms with Gasteiger partial charge in [-0.3, -0.25) is 13.5 Å². The van der Waals surface area contributed by atoms with Crippen LogP contribution in [0.15, 0.2) is 85.2 Å². The first-order valence-electron chi connectivity index (χ1n) is 11.1. The van der Waals surface area contributed by atoms with Crippen LogP contribution in [0, 0.1) is 0 Å². The number of carbonyl (C=O) groups is 1. The molecule has 0 amide bonds. The maximum Gasteiger partial charge on any atom is 0.331 e. The van der Waals surface area contributed by atoms with Crippen molar-refractivity contribution in [2.24, 2.45) is 0 Å². The Balaban J connectivity index is 1.41. The van der Waals surface area contributed by atoms with Crippen LogP contribution in [0.1, 0.15) is 23.5 Å². The second-order valence-electron chi connectivity index (χ2n) is 8.48. The second kappa shape index (κ2) is 10.0. The van der Waals surface area contributed by atoms with Crippen molar-refractivity contribution in [1.82, 2.24) is 4.98 Å². The summed E-state index contributed by atoms with van der Waals surface area (Å²) in [6.07, 6.45) is 3.66. The van der Waals surface area contributed by atoms with E-state index in [-0.39, 0.29) is 6.42 Å². The average Bonchev–Trinajstić information content (AvgIpc) is 3.45. The Labute approximate surface area is 219 Å². The van der Waals surface area contributed by atoms with Crippen molar-refractivity contribution < 1.29 is 18.7 Å². The van der Waals surface area contributed by atoms with E-state index in [0.717, 1.165) is 31.6 Å². The molecule has 4 aromatic rings. The van der Waals surface area contributed by atoms with Crippen LogP contribution in [-0.2, 0) is 22.6 Å². The minimum Gasteiger partial charge on any atom is -0.755 e. The first-order chi connectivity index (χ1) is 17.4. The van der Waals surface area contributed by atoms with Crippen molar-refractivity contribution in [2.75, 3.05) is 9.62 Å². The van der Waals surface area contributed by atoms with E-state index in [9.17, 15) is 18.7 Å². The molecule has 36 heavy (non-hydrogen) atoms. The number of aromatic nitrogens is 1. The van der Waals surface area contributed by atoms with Crippen molar-refractivity contribution >= 4 is 50.9 Å². The summed E-state index contributed by atoms with van der Waals surface area (Å²) in [5, 5.41) is 14.5. The van der Waals surface area contributed by atoms with E-state index in [4.69, 9.17) is 11.6 Å². The normalized spacial score (nSPS) is 19.4. The third-order valence-corrected chi connectivity index (χ3v) is 8.55. The van der Waals surface area contributed by atoms with Crippen molar-refractivity contribution in [1.29, 1.82) is 0 Å². The number of hydrogen-bond acceptors (Lipinski definition) is 6. The number of halogens is 1. The number of nitrogens with one attached hydrogen (secondary N) is 1. The molecule has 2 N–H and O–H groups in total. The maximum absolute atomic E-state index is 12.5. The van der Waals surface area contributed by atoms with Crippen LogP contribution in [0.25, 0.3) is 10.4 Å². The van der Waals surface area contributed by atoms with Gasteiger partial charge in [0.1, 0.15) is 5.00 Å². The Morgan fingerprint density at radius 2 is 2.00 bits per heavy atom. The number of pyridine rings is 1. The highest BCUT2D eigenvalue weighted by Gasteiger charge is 2.66. The van der Waals surface area contributed by atoms with Gasteiger partial charge in [-0.2, -0.15) is 0 Å². The third kappa shape index (κ3) is 4.75. The fourth-order valence-corrected chi connectivity index (χ4v) is 6.55. The molecule has 0 radical (unpaired) electrons. The van der Waals surface area contributed by atoms with E-state index in [2.05, 4.69) is 10.3 Å². The lowest BCUT2D eigenvalue weighted by atomic mass is 10.1. The van der Waals surface area contributed by atoms with Crippen molar-refractivity contribution in [3.05, 3.63) is 101 Å². The van der Waals surface area contributed by atoms with Gasteiger partial charge in [-0.25, -0.2) is 4.79 Å². The highest BCUT2D eigenvalue weighted by Crippen LogP contribution is 2.58.